The van der Waals surface area contributed by atoms with Crippen molar-refractivity contribution in [3.05, 3.63) is 93.0 Å². The van der Waals surface area contributed by atoms with Crippen LogP contribution in [-0.2, 0) is 23.3 Å². The SMILES string of the molecule is CC(C)C(CNCCCc1nc(-c2cc3c(Nc4ccc(OCc5cccc(F)c5)c(Br)c4)ncnc3cc2F)cs1)=S(=O)=O. The molecule has 234 valence electrons. The number of aryl methyl sites for hydroxylation is 1. The normalized spacial score (nSPS) is 11.2. The highest BCUT2D eigenvalue weighted by Gasteiger charge is 2.15. The molecule has 5 rings (SSSR count). The van der Waals surface area contributed by atoms with E-state index in [4.69, 9.17) is 4.74 Å². The topological polar surface area (TPSA) is 106 Å². The number of anilines is 2. The lowest BCUT2D eigenvalue weighted by atomic mass is 10.1. The van der Waals surface area contributed by atoms with Crippen molar-refractivity contribution in [1.82, 2.24) is 20.3 Å². The molecule has 2 heterocycles. The summed E-state index contributed by atoms with van der Waals surface area (Å²) in [6.45, 7) is 4.88. The fraction of sp³-hybridized carbons (Fsp3) is 0.250. The second-order valence-corrected chi connectivity index (χ2v) is 13.3. The maximum Gasteiger partial charge on any atom is 0.214 e. The Kier molecular flexibility index (Phi) is 10.9. The van der Waals surface area contributed by atoms with Crippen LogP contribution < -0.4 is 15.4 Å². The van der Waals surface area contributed by atoms with Crippen molar-refractivity contribution < 1.29 is 21.9 Å². The van der Waals surface area contributed by atoms with Crippen LogP contribution in [0, 0.1) is 17.6 Å². The van der Waals surface area contributed by atoms with Crippen LogP contribution in [0.1, 0.15) is 30.8 Å². The number of nitrogens with one attached hydrogen (secondary N) is 2. The van der Waals surface area contributed by atoms with Gasteiger partial charge in [0.1, 0.15) is 36.1 Å². The molecule has 0 atom stereocenters. The molecule has 3 aromatic carbocycles. The van der Waals surface area contributed by atoms with Crippen LogP contribution >= 0.6 is 27.3 Å². The number of rotatable bonds is 13. The molecule has 5 aromatic rings. The third kappa shape index (κ3) is 8.48. The fourth-order valence-electron chi connectivity index (χ4n) is 4.57. The van der Waals surface area contributed by atoms with Gasteiger partial charge in [-0.3, -0.25) is 0 Å². The van der Waals surface area contributed by atoms with Crippen molar-refractivity contribution in [1.29, 1.82) is 0 Å². The molecule has 2 aromatic heterocycles. The highest BCUT2D eigenvalue weighted by atomic mass is 79.9. The van der Waals surface area contributed by atoms with Crippen molar-refractivity contribution in [3.8, 4) is 17.0 Å². The van der Waals surface area contributed by atoms with Gasteiger partial charge in [0, 0.05) is 41.0 Å². The van der Waals surface area contributed by atoms with Gasteiger partial charge >= 0.3 is 0 Å². The smallest absolute Gasteiger partial charge is 0.214 e. The standard InChI is InChI=1S/C32H30BrF2N5O3S2/c1-19(2)30(45(41)42)15-36-10-4-7-31-40-28(17-44-31)23-13-24-27(14-26(23)35)37-18-38-32(24)39-22-8-9-29(25(33)12-22)43-16-20-5-3-6-21(34)11-20/h3,5-6,8-9,11-14,17-19,36H,4,7,10,15-16H2,1-2H3,(H,37,38,39). The van der Waals surface area contributed by atoms with Gasteiger partial charge in [-0.25, -0.2) is 23.7 Å². The van der Waals surface area contributed by atoms with E-state index in [9.17, 15) is 12.8 Å². The first-order chi connectivity index (χ1) is 21.7. The van der Waals surface area contributed by atoms with Crippen LogP contribution in [0.5, 0.6) is 5.75 Å². The van der Waals surface area contributed by atoms with Crippen molar-refractivity contribution in [3.63, 3.8) is 0 Å². The molecule has 0 unspecified atom stereocenters. The van der Waals surface area contributed by atoms with Crippen LogP contribution in [0.2, 0.25) is 0 Å². The molecule has 0 aliphatic carbocycles. The summed E-state index contributed by atoms with van der Waals surface area (Å²) >= 11 is 4.99. The number of aromatic nitrogens is 3. The second kappa shape index (κ2) is 15.0. The third-order valence-electron chi connectivity index (χ3n) is 6.93. The third-order valence-corrected chi connectivity index (χ3v) is 9.50. The predicted octanol–water partition coefficient (Wildman–Crippen LogP) is 7.35. The van der Waals surface area contributed by atoms with Gasteiger partial charge in [0.15, 0.2) is 0 Å². The minimum Gasteiger partial charge on any atom is -0.488 e. The van der Waals surface area contributed by atoms with Crippen LogP contribution in [0.4, 0.5) is 20.3 Å². The molecule has 2 N–H and O–H groups in total. The Hall–Kier alpha value is -3.78. The average Bonchev–Trinajstić information content (AvgIpc) is 3.46. The molecule has 0 aliphatic heterocycles. The van der Waals surface area contributed by atoms with Gasteiger partial charge in [-0.15, -0.1) is 11.3 Å². The first kappa shape index (κ1) is 32.6. The van der Waals surface area contributed by atoms with Crippen LogP contribution in [0.15, 0.2) is 70.8 Å². The first-order valence-corrected chi connectivity index (χ1v) is 16.9. The molecular formula is C32H30BrF2N5O3S2. The predicted molar refractivity (Wildman–Crippen MR) is 179 cm³/mol. The Morgan fingerprint density at radius 2 is 1.93 bits per heavy atom. The maximum atomic E-state index is 15.2. The Morgan fingerprint density at radius 1 is 1.09 bits per heavy atom. The Morgan fingerprint density at radius 3 is 2.69 bits per heavy atom. The van der Waals surface area contributed by atoms with Crippen LogP contribution in [0.25, 0.3) is 22.2 Å². The maximum absolute atomic E-state index is 15.2. The Bertz CT molecular complexity index is 1960. The molecule has 45 heavy (non-hydrogen) atoms. The fourth-order valence-corrected chi connectivity index (χ4v) is 6.51. The Balaban J connectivity index is 1.26. The van der Waals surface area contributed by atoms with E-state index in [0.717, 1.165) is 22.7 Å². The van der Waals surface area contributed by atoms with E-state index in [0.29, 0.717) is 62.6 Å². The van der Waals surface area contributed by atoms with Crippen molar-refractivity contribution in [2.45, 2.75) is 33.3 Å². The monoisotopic (exact) mass is 713 g/mol. The number of benzene rings is 3. The van der Waals surface area contributed by atoms with E-state index in [1.165, 1.54) is 35.9 Å². The molecule has 0 saturated carbocycles. The van der Waals surface area contributed by atoms with Gasteiger partial charge in [0.25, 0.3) is 0 Å². The van der Waals surface area contributed by atoms with Gasteiger partial charge in [0.2, 0.25) is 10.3 Å². The molecule has 0 bridgehead atoms. The molecular weight excluding hydrogens is 684 g/mol. The number of nitrogens with zero attached hydrogens (tertiary/aromatic N) is 3. The summed E-state index contributed by atoms with van der Waals surface area (Å²) in [5, 5.41) is 9.78. The van der Waals surface area contributed by atoms with Crippen molar-refractivity contribution in [2.75, 3.05) is 18.4 Å². The lowest BCUT2D eigenvalue weighted by molar-refractivity contribution is 0.303. The molecule has 13 heteroatoms. The summed E-state index contributed by atoms with van der Waals surface area (Å²) in [5.74, 6) is 0.295. The number of ether oxygens (including phenoxy) is 1. The Labute approximate surface area is 273 Å². The number of thiazole rings is 1. The summed E-state index contributed by atoms with van der Waals surface area (Å²) in [4.78, 5) is 13.8. The first-order valence-electron chi connectivity index (χ1n) is 14.2. The molecule has 0 aliphatic rings. The molecule has 0 radical (unpaired) electrons. The molecule has 0 amide bonds. The second-order valence-electron chi connectivity index (χ2n) is 10.5. The number of hydrogen-bond donors (Lipinski definition) is 2. The summed E-state index contributed by atoms with van der Waals surface area (Å²) in [7, 11) is -2.20. The molecule has 0 saturated heterocycles. The summed E-state index contributed by atoms with van der Waals surface area (Å²) < 4.78 is 57.9. The van der Waals surface area contributed by atoms with Crippen LogP contribution in [-0.4, -0.2) is 41.3 Å². The summed E-state index contributed by atoms with van der Waals surface area (Å²) in [6, 6.07) is 14.8. The van der Waals surface area contributed by atoms with E-state index in [2.05, 4.69) is 41.5 Å². The van der Waals surface area contributed by atoms with E-state index in [1.807, 2.05) is 31.4 Å². The van der Waals surface area contributed by atoms with E-state index in [-0.39, 0.29) is 18.3 Å². The number of halogens is 3. The highest BCUT2D eigenvalue weighted by Crippen LogP contribution is 2.34. The van der Waals surface area contributed by atoms with E-state index >= 15 is 4.39 Å². The highest BCUT2D eigenvalue weighted by molar-refractivity contribution is 9.10. The zero-order chi connectivity index (χ0) is 31.9. The largest absolute Gasteiger partial charge is 0.488 e. The van der Waals surface area contributed by atoms with E-state index in [1.54, 1.807) is 24.3 Å². The zero-order valence-electron chi connectivity index (χ0n) is 24.5. The van der Waals surface area contributed by atoms with Crippen molar-refractivity contribution in [2.24, 2.45) is 5.92 Å². The molecule has 0 spiro atoms. The van der Waals surface area contributed by atoms with Gasteiger partial charge < -0.3 is 15.4 Å². The minimum absolute atomic E-state index is 0.0448. The van der Waals surface area contributed by atoms with Crippen molar-refractivity contribution >= 4 is 64.8 Å². The summed E-state index contributed by atoms with van der Waals surface area (Å²) in [6.07, 6.45) is 2.81. The molecule has 8 nitrogen and oxygen atoms in total. The lowest BCUT2D eigenvalue weighted by Gasteiger charge is -2.13. The minimum atomic E-state index is -2.20. The molecule has 0 fully saturated rings. The van der Waals surface area contributed by atoms with Gasteiger partial charge in [-0.05, 0) is 76.8 Å². The van der Waals surface area contributed by atoms with E-state index < -0.39 is 16.1 Å². The average molecular weight is 715 g/mol. The number of fused-ring (bicyclic) bond motifs is 1. The summed E-state index contributed by atoms with van der Waals surface area (Å²) in [5.41, 5.74) is 2.75. The number of hydrogen-bond acceptors (Lipinski definition) is 9. The van der Waals surface area contributed by atoms with Gasteiger partial charge in [-0.1, -0.05) is 26.0 Å². The lowest BCUT2D eigenvalue weighted by Crippen LogP contribution is -2.28. The van der Waals surface area contributed by atoms with Gasteiger partial charge in [0.05, 0.1) is 25.6 Å². The van der Waals surface area contributed by atoms with Gasteiger partial charge in [-0.2, -0.15) is 8.42 Å². The quantitative estimate of drug-likeness (QED) is 0.0965. The zero-order valence-corrected chi connectivity index (χ0v) is 27.7. The van der Waals surface area contributed by atoms with Crippen LogP contribution in [0.3, 0.4) is 0 Å².